The maximum atomic E-state index is 12.8. The Kier molecular flexibility index (Phi) is 6.83. The Hall–Kier alpha value is -2.82. The van der Waals surface area contributed by atoms with Crippen LogP contribution in [0, 0.1) is 12.8 Å². The molecule has 4 rings (SSSR count). The first kappa shape index (κ1) is 22.4. The van der Waals surface area contributed by atoms with Crippen molar-refractivity contribution in [2.24, 2.45) is 5.92 Å². The van der Waals surface area contributed by atoms with Crippen molar-refractivity contribution in [1.29, 1.82) is 0 Å². The molecule has 1 N–H and O–H groups in total. The first-order valence-electron chi connectivity index (χ1n) is 11.9. The lowest BCUT2D eigenvalue weighted by Gasteiger charge is -2.38. The summed E-state index contributed by atoms with van der Waals surface area (Å²) >= 11 is 0. The van der Waals surface area contributed by atoms with E-state index in [9.17, 15) is 9.59 Å². The van der Waals surface area contributed by atoms with Crippen LogP contribution in [0.5, 0.6) is 5.75 Å². The van der Waals surface area contributed by atoms with Crippen molar-refractivity contribution in [1.82, 2.24) is 10.2 Å². The van der Waals surface area contributed by atoms with Crippen LogP contribution in [0.1, 0.15) is 67.8 Å². The van der Waals surface area contributed by atoms with E-state index in [1.165, 1.54) is 24.0 Å². The van der Waals surface area contributed by atoms with Gasteiger partial charge in [-0.1, -0.05) is 49.7 Å². The van der Waals surface area contributed by atoms with Gasteiger partial charge in [-0.05, 0) is 67.3 Å². The summed E-state index contributed by atoms with van der Waals surface area (Å²) in [5, 5.41) is 3.03. The molecule has 1 aliphatic heterocycles. The lowest BCUT2D eigenvalue weighted by Crippen LogP contribution is -2.40. The van der Waals surface area contributed by atoms with E-state index in [1.807, 2.05) is 36.9 Å². The highest BCUT2D eigenvalue weighted by atomic mass is 16.5. The number of aryl methyl sites for hydroxylation is 1. The van der Waals surface area contributed by atoms with Gasteiger partial charge in [0.2, 0.25) is 5.91 Å². The van der Waals surface area contributed by atoms with Crippen LogP contribution in [0.15, 0.2) is 42.5 Å². The van der Waals surface area contributed by atoms with E-state index in [-0.39, 0.29) is 17.9 Å². The van der Waals surface area contributed by atoms with Gasteiger partial charge in [0, 0.05) is 19.5 Å². The van der Waals surface area contributed by atoms with E-state index in [2.05, 4.69) is 36.5 Å². The molecule has 5 nitrogen and oxygen atoms in total. The van der Waals surface area contributed by atoms with Gasteiger partial charge in [-0.15, -0.1) is 0 Å². The predicted octanol–water partition coefficient (Wildman–Crippen LogP) is 4.56. The van der Waals surface area contributed by atoms with Crippen LogP contribution >= 0.6 is 0 Å². The predicted molar refractivity (Wildman–Crippen MR) is 126 cm³/mol. The molecule has 5 heteroatoms. The normalized spacial score (nSPS) is 18.6. The number of nitrogens with zero attached hydrogens (tertiary/aromatic N) is 1. The lowest BCUT2D eigenvalue weighted by molar-refractivity contribution is -0.133. The van der Waals surface area contributed by atoms with Crippen molar-refractivity contribution in [3.63, 3.8) is 0 Å². The molecule has 1 aliphatic carbocycles. The zero-order valence-electron chi connectivity index (χ0n) is 19.4. The standard InChI is InChI=1S/C27H34N2O3/c1-4-24(27(31)28-17-19-9-10-19)32-22-12-11-20-13-14-29(25(30)5-2)26(23(20)16-22)21-8-6-7-18(3)15-21/h6-8,11-12,15-16,19,24,26H,4-5,9-10,13-14,17H2,1-3H3,(H,28,31)/t24-,26+/m0/s1. The summed E-state index contributed by atoms with van der Waals surface area (Å²) in [4.78, 5) is 27.4. The molecule has 2 atom stereocenters. The molecule has 0 spiro atoms. The number of amides is 2. The smallest absolute Gasteiger partial charge is 0.261 e. The number of benzene rings is 2. The molecule has 1 heterocycles. The van der Waals surface area contributed by atoms with E-state index in [0.29, 0.717) is 31.1 Å². The fraction of sp³-hybridized carbons (Fsp3) is 0.481. The number of carbonyl (C=O) groups is 2. The maximum Gasteiger partial charge on any atom is 0.261 e. The SMILES string of the molecule is CCC(=O)N1CCc2ccc(O[C@@H](CC)C(=O)NCC3CC3)cc2[C@H]1c1cccc(C)c1. The molecular weight excluding hydrogens is 400 g/mol. The van der Waals surface area contributed by atoms with Gasteiger partial charge in [-0.2, -0.15) is 0 Å². The van der Waals surface area contributed by atoms with Crippen LogP contribution in [0.4, 0.5) is 0 Å². The van der Waals surface area contributed by atoms with Crippen molar-refractivity contribution in [3.8, 4) is 5.75 Å². The minimum Gasteiger partial charge on any atom is -0.481 e. The second-order valence-electron chi connectivity index (χ2n) is 9.07. The number of rotatable bonds is 8. The third kappa shape index (κ3) is 4.98. The van der Waals surface area contributed by atoms with Gasteiger partial charge in [0.15, 0.2) is 6.10 Å². The number of fused-ring (bicyclic) bond motifs is 1. The van der Waals surface area contributed by atoms with Crippen LogP contribution in [0.25, 0.3) is 0 Å². The molecule has 2 amide bonds. The van der Waals surface area contributed by atoms with Gasteiger partial charge in [0.05, 0.1) is 6.04 Å². The summed E-state index contributed by atoms with van der Waals surface area (Å²) in [6.07, 6.45) is 3.80. The molecule has 2 aromatic rings. The highest BCUT2D eigenvalue weighted by Crippen LogP contribution is 2.38. The number of ether oxygens (including phenoxy) is 1. The van der Waals surface area contributed by atoms with Crippen LogP contribution < -0.4 is 10.1 Å². The average Bonchev–Trinajstić information content (AvgIpc) is 3.64. The molecule has 170 valence electrons. The van der Waals surface area contributed by atoms with Gasteiger partial charge in [-0.25, -0.2) is 0 Å². The van der Waals surface area contributed by atoms with Crippen LogP contribution in [-0.4, -0.2) is 35.9 Å². The topological polar surface area (TPSA) is 58.6 Å². The lowest BCUT2D eigenvalue weighted by atomic mass is 9.87. The maximum absolute atomic E-state index is 12.8. The molecule has 2 aromatic carbocycles. The van der Waals surface area contributed by atoms with E-state index >= 15 is 0 Å². The highest BCUT2D eigenvalue weighted by Gasteiger charge is 2.32. The average molecular weight is 435 g/mol. The van der Waals surface area contributed by atoms with Gasteiger partial charge in [0.1, 0.15) is 5.75 Å². The monoisotopic (exact) mass is 434 g/mol. The van der Waals surface area contributed by atoms with E-state index in [4.69, 9.17) is 4.74 Å². The third-order valence-corrected chi connectivity index (χ3v) is 6.53. The summed E-state index contributed by atoms with van der Waals surface area (Å²) < 4.78 is 6.16. The van der Waals surface area contributed by atoms with Crippen molar-refractivity contribution in [2.45, 2.75) is 65.0 Å². The Morgan fingerprint density at radius 3 is 2.66 bits per heavy atom. The Morgan fingerprint density at radius 1 is 1.16 bits per heavy atom. The fourth-order valence-corrected chi connectivity index (χ4v) is 4.51. The molecule has 0 unspecified atom stereocenters. The zero-order valence-corrected chi connectivity index (χ0v) is 19.4. The Bertz CT molecular complexity index is 983. The third-order valence-electron chi connectivity index (χ3n) is 6.53. The second-order valence-corrected chi connectivity index (χ2v) is 9.07. The number of carbonyl (C=O) groups excluding carboxylic acids is 2. The number of nitrogens with one attached hydrogen (secondary N) is 1. The van der Waals surface area contributed by atoms with Gasteiger partial charge in [-0.3, -0.25) is 9.59 Å². The number of hydrogen-bond acceptors (Lipinski definition) is 3. The summed E-state index contributed by atoms with van der Waals surface area (Å²) in [6.45, 7) is 7.41. The Morgan fingerprint density at radius 2 is 1.97 bits per heavy atom. The molecule has 1 saturated carbocycles. The van der Waals surface area contributed by atoms with Gasteiger partial charge >= 0.3 is 0 Å². The molecule has 0 saturated heterocycles. The number of hydrogen-bond donors (Lipinski definition) is 1. The van der Waals surface area contributed by atoms with E-state index in [0.717, 1.165) is 24.1 Å². The summed E-state index contributed by atoms with van der Waals surface area (Å²) in [5.41, 5.74) is 4.60. The van der Waals surface area contributed by atoms with E-state index in [1.54, 1.807) is 0 Å². The summed E-state index contributed by atoms with van der Waals surface area (Å²) in [6, 6.07) is 14.3. The molecule has 2 aliphatic rings. The largest absolute Gasteiger partial charge is 0.481 e. The first-order valence-corrected chi connectivity index (χ1v) is 11.9. The molecule has 32 heavy (non-hydrogen) atoms. The molecule has 0 bridgehead atoms. The minimum absolute atomic E-state index is 0.0462. The summed E-state index contributed by atoms with van der Waals surface area (Å²) in [7, 11) is 0. The van der Waals surface area contributed by atoms with Crippen molar-refractivity contribution >= 4 is 11.8 Å². The molecule has 0 aromatic heterocycles. The van der Waals surface area contributed by atoms with Crippen molar-refractivity contribution in [3.05, 3.63) is 64.7 Å². The second kappa shape index (κ2) is 9.76. The Labute approximate surface area is 191 Å². The minimum atomic E-state index is -0.513. The summed E-state index contributed by atoms with van der Waals surface area (Å²) in [5.74, 6) is 1.42. The quantitative estimate of drug-likeness (QED) is 0.662. The zero-order chi connectivity index (χ0) is 22.7. The van der Waals surface area contributed by atoms with Crippen LogP contribution in [-0.2, 0) is 16.0 Å². The van der Waals surface area contributed by atoms with Gasteiger partial charge < -0.3 is 15.0 Å². The van der Waals surface area contributed by atoms with Crippen LogP contribution in [0.3, 0.4) is 0 Å². The van der Waals surface area contributed by atoms with Crippen molar-refractivity contribution < 1.29 is 14.3 Å². The fourth-order valence-electron chi connectivity index (χ4n) is 4.51. The highest BCUT2D eigenvalue weighted by molar-refractivity contribution is 5.81. The Balaban J connectivity index is 1.62. The first-order chi connectivity index (χ1) is 15.5. The van der Waals surface area contributed by atoms with E-state index < -0.39 is 6.10 Å². The van der Waals surface area contributed by atoms with Gasteiger partial charge in [0.25, 0.3) is 5.91 Å². The van der Waals surface area contributed by atoms with Crippen molar-refractivity contribution in [2.75, 3.05) is 13.1 Å². The van der Waals surface area contributed by atoms with Crippen LogP contribution in [0.2, 0.25) is 0 Å². The molecule has 0 radical (unpaired) electrons. The molecule has 1 fully saturated rings. The molecular formula is C27H34N2O3.